The minimum atomic E-state index is -0.869. The van der Waals surface area contributed by atoms with Gasteiger partial charge in [-0.1, -0.05) is 13.8 Å². The number of aliphatic hydroxyl groups is 1. The van der Waals surface area contributed by atoms with Crippen molar-refractivity contribution in [1.29, 1.82) is 0 Å². The zero-order chi connectivity index (χ0) is 11.8. The highest BCUT2D eigenvalue weighted by molar-refractivity contribution is 5.94. The van der Waals surface area contributed by atoms with E-state index in [1.165, 1.54) is 0 Å². The molecule has 0 saturated carbocycles. The molecular weight excluding hydrogens is 198 g/mol. The summed E-state index contributed by atoms with van der Waals surface area (Å²) in [5, 5.41) is 13.8. The van der Waals surface area contributed by atoms with Crippen molar-refractivity contribution in [3.63, 3.8) is 0 Å². The van der Waals surface area contributed by atoms with Crippen molar-refractivity contribution in [2.24, 2.45) is 11.7 Å². The SMILES string of the molecule is CC(C)CC(CO)NCC(=O)NC(N)=O. The summed E-state index contributed by atoms with van der Waals surface area (Å²) in [6.45, 7) is 3.98. The molecule has 3 amide bonds. The zero-order valence-corrected chi connectivity index (χ0v) is 9.12. The van der Waals surface area contributed by atoms with Gasteiger partial charge in [0.1, 0.15) is 0 Å². The smallest absolute Gasteiger partial charge is 0.318 e. The van der Waals surface area contributed by atoms with Gasteiger partial charge < -0.3 is 16.2 Å². The number of hydrogen-bond acceptors (Lipinski definition) is 4. The Labute approximate surface area is 89.2 Å². The second-order valence-electron chi connectivity index (χ2n) is 3.80. The Kier molecular flexibility index (Phi) is 6.64. The number of carbonyl (C=O) groups excluding carboxylic acids is 2. The Balaban J connectivity index is 3.79. The second kappa shape index (κ2) is 7.19. The van der Waals surface area contributed by atoms with Crippen molar-refractivity contribution in [3.8, 4) is 0 Å². The number of nitrogens with two attached hydrogens (primary N) is 1. The van der Waals surface area contributed by atoms with Gasteiger partial charge in [-0.05, 0) is 12.3 Å². The standard InChI is InChI=1S/C9H19N3O3/c1-6(2)3-7(5-13)11-4-8(14)12-9(10)15/h6-7,11,13H,3-5H2,1-2H3,(H3,10,12,14,15). The number of urea groups is 1. The molecule has 6 nitrogen and oxygen atoms in total. The van der Waals surface area contributed by atoms with Crippen molar-refractivity contribution in [1.82, 2.24) is 10.6 Å². The first-order chi connectivity index (χ1) is 6.95. The molecule has 88 valence electrons. The number of aliphatic hydroxyl groups excluding tert-OH is 1. The Hall–Kier alpha value is -1.14. The van der Waals surface area contributed by atoms with Gasteiger partial charge in [-0.15, -0.1) is 0 Å². The molecule has 0 aromatic heterocycles. The molecule has 1 atom stereocenters. The molecule has 0 saturated heterocycles. The first-order valence-electron chi connectivity index (χ1n) is 4.89. The van der Waals surface area contributed by atoms with Crippen molar-refractivity contribution < 1.29 is 14.7 Å². The molecule has 0 heterocycles. The van der Waals surface area contributed by atoms with Crippen LogP contribution in [0, 0.1) is 5.92 Å². The van der Waals surface area contributed by atoms with Gasteiger partial charge in [-0.3, -0.25) is 10.1 Å². The van der Waals surface area contributed by atoms with Crippen LogP contribution in [0.5, 0.6) is 0 Å². The first-order valence-corrected chi connectivity index (χ1v) is 4.89. The lowest BCUT2D eigenvalue weighted by Crippen LogP contribution is -2.44. The molecule has 0 spiro atoms. The molecule has 0 radical (unpaired) electrons. The van der Waals surface area contributed by atoms with E-state index in [0.29, 0.717) is 5.92 Å². The maximum absolute atomic E-state index is 11.0. The van der Waals surface area contributed by atoms with Gasteiger partial charge in [0.2, 0.25) is 5.91 Å². The quantitative estimate of drug-likeness (QED) is 0.466. The monoisotopic (exact) mass is 217 g/mol. The second-order valence-corrected chi connectivity index (χ2v) is 3.80. The predicted octanol–water partition coefficient (Wildman–Crippen LogP) is -0.822. The fourth-order valence-corrected chi connectivity index (χ4v) is 1.21. The molecule has 0 rings (SSSR count). The highest BCUT2D eigenvalue weighted by Crippen LogP contribution is 2.03. The number of amides is 3. The molecule has 0 bridgehead atoms. The number of hydrogen-bond donors (Lipinski definition) is 4. The Morgan fingerprint density at radius 2 is 2.00 bits per heavy atom. The van der Waals surface area contributed by atoms with Gasteiger partial charge in [0, 0.05) is 6.04 Å². The Morgan fingerprint density at radius 1 is 1.40 bits per heavy atom. The van der Waals surface area contributed by atoms with Crippen LogP contribution in [0.4, 0.5) is 4.79 Å². The fourth-order valence-electron chi connectivity index (χ4n) is 1.21. The zero-order valence-electron chi connectivity index (χ0n) is 9.12. The summed E-state index contributed by atoms with van der Waals surface area (Å²) in [5.41, 5.74) is 4.76. The molecule has 0 aromatic rings. The van der Waals surface area contributed by atoms with Gasteiger partial charge in [0.05, 0.1) is 13.2 Å². The van der Waals surface area contributed by atoms with Crippen LogP contribution in [0.15, 0.2) is 0 Å². The number of rotatable bonds is 6. The largest absolute Gasteiger partial charge is 0.395 e. The summed E-state index contributed by atoms with van der Waals surface area (Å²) >= 11 is 0. The molecule has 0 aliphatic heterocycles. The topological polar surface area (TPSA) is 104 Å². The summed E-state index contributed by atoms with van der Waals surface area (Å²) < 4.78 is 0. The van der Waals surface area contributed by atoms with Crippen LogP contribution in [0.25, 0.3) is 0 Å². The lowest BCUT2D eigenvalue weighted by Gasteiger charge is -2.17. The average Bonchev–Trinajstić information content (AvgIpc) is 2.10. The number of carbonyl (C=O) groups is 2. The molecule has 6 heteroatoms. The summed E-state index contributed by atoms with van der Waals surface area (Å²) in [5.74, 6) is -0.0708. The Bertz CT molecular complexity index is 219. The third kappa shape index (κ3) is 7.90. The third-order valence-electron chi connectivity index (χ3n) is 1.79. The van der Waals surface area contributed by atoms with E-state index < -0.39 is 11.9 Å². The summed E-state index contributed by atoms with van der Waals surface area (Å²) in [4.78, 5) is 21.3. The van der Waals surface area contributed by atoms with Gasteiger partial charge in [0.25, 0.3) is 0 Å². The predicted molar refractivity (Wildman–Crippen MR) is 56.1 cm³/mol. The molecule has 15 heavy (non-hydrogen) atoms. The first kappa shape index (κ1) is 13.9. The maximum Gasteiger partial charge on any atom is 0.318 e. The van der Waals surface area contributed by atoms with E-state index in [1.807, 2.05) is 19.2 Å². The third-order valence-corrected chi connectivity index (χ3v) is 1.79. The number of nitrogens with one attached hydrogen (secondary N) is 2. The van der Waals surface area contributed by atoms with Gasteiger partial charge in [0.15, 0.2) is 0 Å². The van der Waals surface area contributed by atoms with Gasteiger partial charge >= 0.3 is 6.03 Å². The van der Waals surface area contributed by atoms with Crippen molar-refractivity contribution in [3.05, 3.63) is 0 Å². The molecule has 0 fully saturated rings. The van der Waals surface area contributed by atoms with Crippen molar-refractivity contribution in [2.75, 3.05) is 13.2 Å². The minimum Gasteiger partial charge on any atom is -0.395 e. The van der Waals surface area contributed by atoms with E-state index in [-0.39, 0.29) is 19.2 Å². The van der Waals surface area contributed by atoms with Crippen LogP contribution in [0.1, 0.15) is 20.3 Å². The van der Waals surface area contributed by atoms with E-state index in [0.717, 1.165) is 6.42 Å². The van der Waals surface area contributed by atoms with E-state index in [2.05, 4.69) is 5.32 Å². The highest BCUT2D eigenvalue weighted by Gasteiger charge is 2.11. The van der Waals surface area contributed by atoms with E-state index in [9.17, 15) is 9.59 Å². The lowest BCUT2D eigenvalue weighted by molar-refractivity contribution is -0.119. The summed E-state index contributed by atoms with van der Waals surface area (Å²) in [7, 11) is 0. The lowest BCUT2D eigenvalue weighted by atomic mass is 10.0. The van der Waals surface area contributed by atoms with Crippen LogP contribution >= 0.6 is 0 Å². The summed E-state index contributed by atoms with van der Waals surface area (Å²) in [6.07, 6.45) is 0.764. The van der Waals surface area contributed by atoms with Crippen LogP contribution in [-0.2, 0) is 4.79 Å². The van der Waals surface area contributed by atoms with Crippen LogP contribution in [0.2, 0.25) is 0 Å². The molecular formula is C9H19N3O3. The van der Waals surface area contributed by atoms with E-state index >= 15 is 0 Å². The molecule has 0 aliphatic carbocycles. The number of primary amides is 1. The van der Waals surface area contributed by atoms with E-state index in [4.69, 9.17) is 10.8 Å². The molecule has 0 aromatic carbocycles. The van der Waals surface area contributed by atoms with E-state index in [1.54, 1.807) is 0 Å². The number of imide groups is 1. The molecule has 5 N–H and O–H groups in total. The Morgan fingerprint density at radius 3 is 2.40 bits per heavy atom. The van der Waals surface area contributed by atoms with Crippen molar-refractivity contribution >= 4 is 11.9 Å². The van der Waals surface area contributed by atoms with Crippen LogP contribution in [0.3, 0.4) is 0 Å². The van der Waals surface area contributed by atoms with Crippen LogP contribution < -0.4 is 16.4 Å². The summed E-state index contributed by atoms with van der Waals surface area (Å²) in [6, 6.07) is -1.00. The maximum atomic E-state index is 11.0. The molecule has 1 unspecified atom stereocenters. The highest BCUT2D eigenvalue weighted by atomic mass is 16.3. The normalized spacial score (nSPS) is 12.5. The van der Waals surface area contributed by atoms with Crippen LogP contribution in [-0.4, -0.2) is 36.2 Å². The average molecular weight is 217 g/mol. The van der Waals surface area contributed by atoms with Crippen molar-refractivity contribution in [2.45, 2.75) is 26.3 Å². The van der Waals surface area contributed by atoms with Gasteiger partial charge in [-0.25, -0.2) is 4.79 Å². The van der Waals surface area contributed by atoms with Gasteiger partial charge in [-0.2, -0.15) is 0 Å². The molecule has 0 aliphatic rings. The minimum absolute atomic E-state index is 0.0269. The fraction of sp³-hybridized carbons (Fsp3) is 0.778.